The summed E-state index contributed by atoms with van der Waals surface area (Å²) < 4.78 is 23.5. The van der Waals surface area contributed by atoms with Gasteiger partial charge in [-0.3, -0.25) is 10.1 Å². The van der Waals surface area contributed by atoms with Gasteiger partial charge in [-0.05, 0) is 30.9 Å². The SMILES string of the molecule is NS(=O)(=O)c1cc(Br)cc(C2CCCC2)c1[N+](=O)[O-]. The molecule has 19 heavy (non-hydrogen) atoms. The molecule has 1 aromatic rings. The van der Waals surface area contributed by atoms with Crippen LogP contribution in [0.5, 0.6) is 0 Å². The van der Waals surface area contributed by atoms with Gasteiger partial charge < -0.3 is 0 Å². The third-order valence-electron chi connectivity index (χ3n) is 3.35. The summed E-state index contributed by atoms with van der Waals surface area (Å²) in [6, 6.07) is 2.81. The van der Waals surface area contributed by atoms with Gasteiger partial charge in [-0.1, -0.05) is 28.8 Å². The van der Waals surface area contributed by atoms with Gasteiger partial charge in [0.2, 0.25) is 10.0 Å². The predicted molar refractivity (Wildman–Crippen MR) is 73.4 cm³/mol. The lowest BCUT2D eigenvalue weighted by atomic mass is 9.96. The topological polar surface area (TPSA) is 103 Å². The van der Waals surface area contributed by atoms with Gasteiger partial charge in [-0.2, -0.15) is 0 Å². The van der Waals surface area contributed by atoms with Gasteiger partial charge in [0, 0.05) is 10.0 Å². The normalized spacial score (nSPS) is 16.7. The van der Waals surface area contributed by atoms with Gasteiger partial charge in [-0.15, -0.1) is 0 Å². The van der Waals surface area contributed by atoms with Crippen molar-refractivity contribution in [3.63, 3.8) is 0 Å². The van der Waals surface area contributed by atoms with Gasteiger partial charge in [-0.25, -0.2) is 13.6 Å². The van der Waals surface area contributed by atoms with Gasteiger partial charge >= 0.3 is 0 Å². The number of nitrogens with zero attached hydrogens (tertiary/aromatic N) is 1. The fourth-order valence-corrected chi connectivity index (χ4v) is 3.93. The highest BCUT2D eigenvalue weighted by Gasteiger charge is 2.32. The first-order chi connectivity index (χ1) is 8.80. The number of nitro benzene ring substituents is 1. The Labute approximate surface area is 119 Å². The lowest BCUT2D eigenvalue weighted by Crippen LogP contribution is -2.16. The zero-order chi connectivity index (χ0) is 14.2. The molecule has 0 heterocycles. The molecule has 8 heteroatoms. The van der Waals surface area contributed by atoms with E-state index in [0.717, 1.165) is 25.7 Å². The molecule has 0 amide bonds. The first-order valence-electron chi connectivity index (χ1n) is 5.81. The molecule has 0 aliphatic heterocycles. The number of sulfonamides is 1. The maximum Gasteiger partial charge on any atom is 0.292 e. The molecule has 0 radical (unpaired) electrons. The Kier molecular flexibility index (Phi) is 3.93. The second kappa shape index (κ2) is 5.18. The van der Waals surface area contributed by atoms with Crippen molar-refractivity contribution in [3.8, 4) is 0 Å². The van der Waals surface area contributed by atoms with Crippen LogP contribution in [-0.4, -0.2) is 13.3 Å². The molecule has 0 spiro atoms. The van der Waals surface area contributed by atoms with E-state index in [1.807, 2.05) is 0 Å². The van der Waals surface area contributed by atoms with Crippen LogP contribution in [-0.2, 0) is 10.0 Å². The minimum Gasteiger partial charge on any atom is -0.258 e. The first kappa shape index (κ1) is 14.4. The van der Waals surface area contributed by atoms with Crippen molar-refractivity contribution >= 4 is 31.6 Å². The summed E-state index contributed by atoms with van der Waals surface area (Å²) in [5.74, 6) is 0.0263. The van der Waals surface area contributed by atoms with Crippen molar-refractivity contribution in [2.24, 2.45) is 5.14 Å². The van der Waals surface area contributed by atoms with Crippen LogP contribution in [0, 0.1) is 10.1 Å². The molecule has 2 rings (SSSR count). The van der Waals surface area contributed by atoms with Crippen LogP contribution < -0.4 is 5.14 Å². The molecule has 1 fully saturated rings. The number of nitrogens with two attached hydrogens (primary N) is 1. The van der Waals surface area contributed by atoms with Gasteiger partial charge in [0.1, 0.15) is 0 Å². The van der Waals surface area contributed by atoms with E-state index in [9.17, 15) is 18.5 Å². The standard InChI is InChI=1S/C11H13BrN2O4S/c12-8-5-9(7-3-1-2-4-7)11(14(15)16)10(6-8)19(13,17)18/h5-7H,1-4H2,(H2,13,17,18). The highest BCUT2D eigenvalue weighted by molar-refractivity contribution is 9.10. The van der Waals surface area contributed by atoms with E-state index in [-0.39, 0.29) is 11.6 Å². The second-order valence-corrected chi connectivity index (χ2v) is 7.07. The number of hydrogen-bond acceptors (Lipinski definition) is 4. The number of nitro groups is 1. The minimum absolute atomic E-state index is 0.0263. The summed E-state index contributed by atoms with van der Waals surface area (Å²) in [6.45, 7) is 0. The quantitative estimate of drug-likeness (QED) is 0.669. The molecular weight excluding hydrogens is 336 g/mol. The zero-order valence-electron chi connectivity index (χ0n) is 10.0. The minimum atomic E-state index is -4.12. The molecular formula is C11H13BrN2O4S. The van der Waals surface area contributed by atoms with E-state index in [4.69, 9.17) is 5.14 Å². The van der Waals surface area contributed by atoms with Crippen molar-refractivity contribution in [1.82, 2.24) is 0 Å². The van der Waals surface area contributed by atoms with Gasteiger partial charge in [0.05, 0.1) is 4.92 Å². The maximum absolute atomic E-state index is 11.5. The Bertz CT molecular complexity index is 624. The lowest BCUT2D eigenvalue weighted by molar-refractivity contribution is -0.388. The van der Waals surface area contributed by atoms with Crippen molar-refractivity contribution in [2.45, 2.75) is 36.5 Å². The van der Waals surface area contributed by atoms with E-state index in [1.165, 1.54) is 6.07 Å². The summed E-state index contributed by atoms with van der Waals surface area (Å²) in [5, 5.41) is 16.3. The van der Waals surface area contributed by atoms with Gasteiger partial charge in [0.15, 0.2) is 4.90 Å². The molecule has 0 aromatic heterocycles. The van der Waals surface area contributed by atoms with E-state index >= 15 is 0 Å². The largest absolute Gasteiger partial charge is 0.292 e. The number of benzene rings is 1. The summed E-state index contributed by atoms with van der Waals surface area (Å²) in [4.78, 5) is 10.2. The second-order valence-electron chi connectivity index (χ2n) is 4.63. The Morgan fingerprint density at radius 3 is 2.37 bits per heavy atom. The van der Waals surface area contributed by atoms with E-state index < -0.39 is 19.8 Å². The number of primary sulfonamides is 1. The van der Waals surface area contributed by atoms with Crippen LogP contribution in [0.15, 0.2) is 21.5 Å². The average Bonchev–Trinajstić information content (AvgIpc) is 2.79. The molecule has 6 nitrogen and oxygen atoms in total. The van der Waals surface area contributed by atoms with E-state index in [1.54, 1.807) is 6.07 Å². The Balaban J connectivity index is 2.71. The highest BCUT2D eigenvalue weighted by atomic mass is 79.9. The Morgan fingerprint density at radius 1 is 1.32 bits per heavy atom. The fraction of sp³-hybridized carbons (Fsp3) is 0.455. The predicted octanol–water partition coefficient (Wildman–Crippen LogP) is 2.66. The van der Waals surface area contributed by atoms with Crippen LogP contribution in [0.4, 0.5) is 5.69 Å². The monoisotopic (exact) mass is 348 g/mol. The van der Waals surface area contributed by atoms with E-state index in [0.29, 0.717) is 10.0 Å². The summed E-state index contributed by atoms with van der Waals surface area (Å²) >= 11 is 3.19. The molecule has 1 aliphatic carbocycles. The average molecular weight is 349 g/mol. The van der Waals surface area contributed by atoms with Crippen LogP contribution in [0.3, 0.4) is 0 Å². The number of rotatable bonds is 3. The molecule has 1 aliphatic rings. The maximum atomic E-state index is 11.5. The van der Waals surface area contributed by atoms with Crippen molar-refractivity contribution in [3.05, 3.63) is 32.3 Å². The molecule has 104 valence electrons. The summed E-state index contributed by atoms with van der Waals surface area (Å²) in [5.41, 5.74) is 0.0819. The summed E-state index contributed by atoms with van der Waals surface area (Å²) in [7, 11) is -4.12. The zero-order valence-corrected chi connectivity index (χ0v) is 12.4. The smallest absolute Gasteiger partial charge is 0.258 e. The van der Waals surface area contributed by atoms with E-state index in [2.05, 4.69) is 15.9 Å². The molecule has 1 aromatic carbocycles. The lowest BCUT2D eigenvalue weighted by Gasteiger charge is -2.13. The van der Waals surface area contributed by atoms with Crippen LogP contribution in [0.25, 0.3) is 0 Å². The van der Waals surface area contributed by atoms with Crippen molar-refractivity contribution < 1.29 is 13.3 Å². The highest BCUT2D eigenvalue weighted by Crippen LogP contribution is 2.42. The van der Waals surface area contributed by atoms with Crippen molar-refractivity contribution in [1.29, 1.82) is 0 Å². The van der Waals surface area contributed by atoms with Crippen LogP contribution in [0.2, 0.25) is 0 Å². The van der Waals surface area contributed by atoms with Crippen LogP contribution in [0.1, 0.15) is 37.2 Å². The molecule has 1 saturated carbocycles. The number of hydrogen-bond donors (Lipinski definition) is 1. The van der Waals surface area contributed by atoms with Gasteiger partial charge in [0.25, 0.3) is 5.69 Å². The third-order valence-corrected chi connectivity index (χ3v) is 4.74. The fourth-order valence-electron chi connectivity index (χ4n) is 2.55. The Hall–Kier alpha value is -0.990. The molecule has 0 bridgehead atoms. The van der Waals surface area contributed by atoms with Crippen LogP contribution >= 0.6 is 15.9 Å². The van der Waals surface area contributed by atoms with Crippen molar-refractivity contribution in [2.75, 3.05) is 0 Å². The summed E-state index contributed by atoms with van der Waals surface area (Å²) in [6.07, 6.45) is 3.67. The molecule has 2 N–H and O–H groups in total. The number of halogens is 1. The molecule has 0 atom stereocenters. The molecule has 0 saturated heterocycles. The molecule has 0 unspecified atom stereocenters. The first-order valence-corrected chi connectivity index (χ1v) is 8.15. The Morgan fingerprint density at radius 2 is 1.89 bits per heavy atom. The third kappa shape index (κ3) is 2.96.